The van der Waals surface area contributed by atoms with Gasteiger partial charge in [0.1, 0.15) is 10.8 Å². The number of fused-ring (bicyclic) bond motifs is 1. The van der Waals surface area contributed by atoms with Crippen LogP contribution in [0.3, 0.4) is 0 Å². The number of benzene rings is 1. The Bertz CT molecular complexity index is 671. The summed E-state index contributed by atoms with van der Waals surface area (Å²) in [5.41, 5.74) is 0. The lowest BCUT2D eigenvalue weighted by Gasteiger charge is -2.05. The molecule has 2 aromatic rings. The van der Waals surface area contributed by atoms with Crippen molar-refractivity contribution in [1.29, 1.82) is 0 Å². The maximum absolute atomic E-state index is 10.8. The number of aromatic nitrogens is 1. The number of rotatable bonds is 4. The van der Waals surface area contributed by atoms with Crippen molar-refractivity contribution < 1.29 is 13.5 Å². The van der Waals surface area contributed by atoms with E-state index < -0.39 is 10.0 Å². The molecule has 7 heteroatoms. The first-order valence-corrected chi connectivity index (χ1v) is 7.87. The Morgan fingerprint density at radius 3 is 2.83 bits per heavy atom. The van der Waals surface area contributed by atoms with E-state index >= 15 is 0 Å². The van der Waals surface area contributed by atoms with Gasteiger partial charge in [-0.3, -0.25) is 0 Å². The smallest absolute Gasteiger partial charge is 0.209 e. The third kappa shape index (κ3) is 3.34. The summed E-state index contributed by atoms with van der Waals surface area (Å²) in [5.74, 6) is 0.388. The number of primary sulfonamides is 1. The molecule has 0 aliphatic carbocycles. The maximum Gasteiger partial charge on any atom is 0.209 e. The fourth-order valence-corrected chi connectivity index (χ4v) is 3.42. The average molecular weight is 284 g/mol. The van der Waals surface area contributed by atoms with Gasteiger partial charge in [-0.15, -0.1) is 11.8 Å². The van der Waals surface area contributed by atoms with Crippen LogP contribution in [0.15, 0.2) is 35.5 Å². The Hall–Kier alpha value is -1.31. The molecule has 0 fully saturated rings. The zero-order valence-electron chi connectivity index (χ0n) is 9.41. The normalized spacial score (nSPS) is 11.8. The van der Waals surface area contributed by atoms with Crippen molar-refractivity contribution in [3.8, 4) is 5.75 Å². The van der Waals surface area contributed by atoms with Crippen molar-refractivity contribution in [3.63, 3.8) is 0 Å². The van der Waals surface area contributed by atoms with Crippen LogP contribution in [-0.2, 0) is 10.0 Å². The maximum atomic E-state index is 10.8. The molecule has 1 aromatic heterocycles. The molecule has 0 spiro atoms. The molecule has 0 saturated carbocycles. The first-order chi connectivity index (χ1) is 8.46. The quantitative estimate of drug-likeness (QED) is 0.826. The number of sulfonamides is 1. The summed E-state index contributed by atoms with van der Waals surface area (Å²) >= 11 is 1.30. The van der Waals surface area contributed by atoms with Crippen LogP contribution in [-0.4, -0.2) is 30.0 Å². The van der Waals surface area contributed by atoms with Crippen molar-refractivity contribution >= 4 is 32.6 Å². The standard InChI is InChI=1S/C11H12N2O3S2/c12-18(15,16)6-5-17-11-10-7-9(14)2-1-8(10)3-4-13-11/h1-4,7,14H,5-6H2,(H2,12,15,16). The number of thioether (sulfide) groups is 1. The largest absolute Gasteiger partial charge is 0.508 e. The third-order valence-electron chi connectivity index (χ3n) is 2.32. The van der Waals surface area contributed by atoms with Crippen molar-refractivity contribution in [2.45, 2.75) is 5.03 Å². The third-order valence-corrected chi connectivity index (χ3v) is 4.36. The summed E-state index contributed by atoms with van der Waals surface area (Å²) in [6, 6.07) is 6.83. The molecule has 0 radical (unpaired) electrons. The molecule has 18 heavy (non-hydrogen) atoms. The Morgan fingerprint density at radius 2 is 2.11 bits per heavy atom. The summed E-state index contributed by atoms with van der Waals surface area (Å²) in [5, 5.41) is 16.8. The number of phenolic OH excluding ortho intramolecular Hbond substituents is 1. The predicted molar refractivity (Wildman–Crippen MR) is 72.1 cm³/mol. The zero-order valence-corrected chi connectivity index (χ0v) is 11.0. The zero-order chi connectivity index (χ0) is 13.2. The van der Waals surface area contributed by atoms with Crippen molar-refractivity contribution in [1.82, 2.24) is 4.98 Å². The van der Waals surface area contributed by atoms with E-state index in [9.17, 15) is 13.5 Å². The Balaban J connectivity index is 2.25. The fourth-order valence-electron chi connectivity index (χ4n) is 1.50. The summed E-state index contributed by atoms with van der Waals surface area (Å²) in [6.45, 7) is 0. The molecular weight excluding hydrogens is 272 g/mol. The van der Waals surface area contributed by atoms with Crippen molar-refractivity contribution in [2.75, 3.05) is 11.5 Å². The second-order valence-corrected chi connectivity index (χ2v) is 6.55. The van der Waals surface area contributed by atoms with Gasteiger partial charge in [0.2, 0.25) is 10.0 Å². The first kappa shape index (κ1) is 13.1. The predicted octanol–water partition coefficient (Wildman–Crippen LogP) is 1.32. The molecule has 1 heterocycles. The number of nitrogens with zero attached hydrogens (tertiary/aromatic N) is 1. The molecule has 0 amide bonds. The molecule has 0 bridgehead atoms. The first-order valence-electron chi connectivity index (χ1n) is 5.17. The second kappa shape index (κ2) is 5.13. The number of aromatic hydroxyl groups is 1. The summed E-state index contributed by atoms with van der Waals surface area (Å²) in [4.78, 5) is 4.18. The van der Waals surface area contributed by atoms with Crippen LogP contribution in [0.25, 0.3) is 10.8 Å². The molecule has 2 rings (SSSR count). The molecule has 96 valence electrons. The van der Waals surface area contributed by atoms with E-state index in [2.05, 4.69) is 4.98 Å². The summed E-state index contributed by atoms with van der Waals surface area (Å²) in [7, 11) is -3.45. The second-order valence-electron chi connectivity index (χ2n) is 3.74. The van der Waals surface area contributed by atoms with E-state index in [4.69, 9.17) is 5.14 Å². The van der Waals surface area contributed by atoms with E-state index in [1.807, 2.05) is 6.07 Å². The van der Waals surface area contributed by atoms with Crippen LogP contribution < -0.4 is 5.14 Å². The fraction of sp³-hybridized carbons (Fsp3) is 0.182. The van der Waals surface area contributed by atoms with Gasteiger partial charge in [-0.1, -0.05) is 6.07 Å². The lowest BCUT2D eigenvalue weighted by Crippen LogP contribution is -2.17. The van der Waals surface area contributed by atoms with Gasteiger partial charge in [0.25, 0.3) is 0 Å². The average Bonchev–Trinajstić information content (AvgIpc) is 2.28. The Kier molecular flexibility index (Phi) is 3.74. The van der Waals surface area contributed by atoms with Gasteiger partial charge < -0.3 is 5.11 Å². The lowest BCUT2D eigenvalue weighted by atomic mass is 10.2. The Labute approximate surface area is 109 Å². The van der Waals surface area contributed by atoms with Crippen molar-refractivity contribution in [3.05, 3.63) is 30.5 Å². The van der Waals surface area contributed by atoms with Gasteiger partial charge in [-0.25, -0.2) is 18.5 Å². The van der Waals surface area contributed by atoms with E-state index in [0.29, 0.717) is 10.8 Å². The van der Waals surface area contributed by atoms with Gasteiger partial charge >= 0.3 is 0 Å². The van der Waals surface area contributed by atoms with Gasteiger partial charge in [-0.2, -0.15) is 0 Å². The Morgan fingerprint density at radius 1 is 1.33 bits per heavy atom. The molecule has 5 nitrogen and oxygen atoms in total. The molecule has 1 aromatic carbocycles. The number of nitrogens with two attached hydrogens (primary N) is 1. The number of hydrogen-bond acceptors (Lipinski definition) is 5. The van der Waals surface area contributed by atoms with Gasteiger partial charge in [0.15, 0.2) is 0 Å². The van der Waals surface area contributed by atoms with Crippen LogP contribution >= 0.6 is 11.8 Å². The van der Waals surface area contributed by atoms with Gasteiger partial charge in [0.05, 0.1) is 5.75 Å². The molecule has 0 unspecified atom stereocenters. The van der Waals surface area contributed by atoms with E-state index in [-0.39, 0.29) is 11.5 Å². The topological polar surface area (TPSA) is 93.3 Å². The minimum atomic E-state index is -3.45. The molecule has 0 aliphatic rings. The molecule has 3 N–H and O–H groups in total. The van der Waals surface area contributed by atoms with Crippen LogP contribution in [0.4, 0.5) is 0 Å². The van der Waals surface area contributed by atoms with Gasteiger partial charge in [0, 0.05) is 17.3 Å². The highest BCUT2D eigenvalue weighted by Gasteiger charge is 2.07. The number of phenols is 1. The van der Waals surface area contributed by atoms with Crippen LogP contribution in [0.5, 0.6) is 5.75 Å². The number of hydrogen-bond donors (Lipinski definition) is 2. The van der Waals surface area contributed by atoms with Crippen molar-refractivity contribution in [2.24, 2.45) is 5.14 Å². The van der Waals surface area contributed by atoms with Crippen LogP contribution in [0.1, 0.15) is 0 Å². The highest BCUT2D eigenvalue weighted by molar-refractivity contribution is 8.00. The molecule has 0 atom stereocenters. The van der Waals surface area contributed by atoms with Gasteiger partial charge in [-0.05, 0) is 23.6 Å². The van der Waals surface area contributed by atoms with E-state index in [0.717, 1.165) is 10.8 Å². The number of pyridine rings is 1. The van der Waals surface area contributed by atoms with Crippen LogP contribution in [0, 0.1) is 0 Å². The van der Waals surface area contributed by atoms with Crippen LogP contribution in [0.2, 0.25) is 0 Å². The summed E-state index contributed by atoms with van der Waals surface area (Å²) in [6.07, 6.45) is 1.65. The SMILES string of the molecule is NS(=O)(=O)CCSc1nccc2ccc(O)cc12. The monoisotopic (exact) mass is 284 g/mol. The molecular formula is C11H12N2O3S2. The highest BCUT2D eigenvalue weighted by atomic mass is 32.2. The van der Waals surface area contributed by atoms with E-state index in [1.165, 1.54) is 11.8 Å². The summed E-state index contributed by atoms with van der Waals surface area (Å²) < 4.78 is 21.7. The minimum absolute atomic E-state index is 0.103. The lowest BCUT2D eigenvalue weighted by molar-refractivity contribution is 0.476. The highest BCUT2D eigenvalue weighted by Crippen LogP contribution is 2.28. The molecule has 0 aliphatic heterocycles. The minimum Gasteiger partial charge on any atom is -0.508 e. The molecule has 0 saturated heterocycles. The van der Waals surface area contributed by atoms with E-state index in [1.54, 1.807) is 24.4 Å².